The number of halogens is 1. The smallest absolute Gasteiger partial charge is 0.197 e. The molecule has 72 valence electrons. The summed E-state index contributed by atoms with van der Waals surface area (Å²) in [5.74, 6) is 1.90. The molecule has 2 nitrogen and oxygen atoms in total. The maximum Gasteiger partial charge on any atom is 0.197 e. The number of rotatable bonds is 2. The average molecular weight is 200 g/mol. The molecule has 3 heteroatoms. The largest absolute Gasteiger partial charge is 0.448 e. The zero-order chi connectivity index (χ0) is 9.10. The van der Waals surface area contributed by atoms with Crippen LogP contribution in [0.5, 0.6) is 0 Å². The molecule has 0 saturated heterocycles. The maximum absolute atomic E-state index is 5.66. The van der Waals surface area contributed by atoms with E-state index in [1.807, 2.05) is 0 Å². The van der Waals surface area contributed by atoms with E-state index in [4.69, 9.17) is 16.0 Å². The number of oxazole rings is 1. The number of alkyl halides is 1. The van der Waals surface area contributed by atoms with Crippen LogP contribution in [0.25, 0.3) is 0 Å². The molecule has 0 unspecified atom stereocenters. The van der Waals surface area contributed by atoms with Gasteiger partial charge in [-0.3, -0.25) is 0 Å². The first-order valence-electron chi connectivity index (χ1n) is 4.90. The van der Waals surface area contributed by atoms with Crippen LogP contribution in [0.15, 0.2) is 10.7 Å². The Kier molecular flexibility index (Phi) is 2.89. The van der Waals surface area contributed by atoms with Gasteiger partial charge in [-0.25, -0.2) is 4.98 Å². The van der Waals surface area contributed by atoms with E-state index in [1.165, 1.54) is 32.1 Å². The van der Waals surface area contributed by atoms with E-state index in [9.17, 15) is 0 Å². The molecule has 1 aliphatic rings. The molecule has 1 saturated carbocycles. The minimum Gasteiger partial charge on any atom is -0.448 e. The van der Waals surface area contributed by atoms with E-state index in [0.29, 0.717) is 11.8 Å². The molecule has 0 N–H and O–H groups in total. The van der Waals surface area contributed by atoms with Gasteiger partial charge in [0.2, 0.25) is 0 Å². The Balaban J connectivity index is 2.05. The van der Waals surface area contributed by atoms with Gasteiger partial charge < -0.3 is 4.42 Å². The number of aromatic nitrogens is 1. The molecule has 1 aliphatic carbocycles. The molecule has 0 atom stereocenters. The summed E-state index contributed by atoms with van der Waals surface area (Å²) in [4.78, 5) is 4.35. The van der Waals surface area contributed by atoms with E-state index in [2.05, 4.69) is 4.98 Å². The molecule has 0 bridgehead atoms. The normalized spacial score (nSPS) is 19.2. The summed E-state index contributed by atoms with van der Waals surface area (Å²) in [5.41, 5.74) is 0.863. The summed E-state index contributed by atoms with van der Waals surface area (Å²) in [5, 5.41) is 0. The molecule has 1 aromatic heterocycles. The quantitative estimate of drug-likeness (QED) is 0.682. The lowest BCUT2D eigenvalue weighted by atomic mass is 9.89. The summed E-state index contributed by atoms with van der Waals surface area (Å²) < 4.78 is 5.40. The van der Waals surface area contributed by atoms with E-state index in [1.54, 1.807) is 6.26 Å². The van der Waals surface area contributed by atoms with Crippen LogP contribution >= 0.6 is 11.6 Å². The second-order valence-electron chi connectivity index (χ2n) is 3.65. The highest BCUT2D eigenvalue weighted by atomic mass is 35.5. The molecule has 0 aliphatic heterocycles. The second-order valence-corrected chi connectivity index (χ2v) is 3.91. The molecule has 0 radical (unpaired) electrons. The highest BCUT2D eigenvalue weighted by Gasteiger charge is 2.19. The lowest BCUT2D eigenvalue weighted by Crippen LogP contribution is -2.04. The van der Waals surface area contributed by atoms with Gasteiger partial charge in [0.25, 0.3) is 0 Å². The van der Waals surface area contributed by atoms with Crippen LogP contribution in [0, 0.1) is 0 Å². The molecule has 0 spiro atoms. The van der Waals surface area contributed by atoms with Crippen molar-refractivity contribution in [3.05, 3.63) is 17.8 Å². The first kappa shape index (κ1) is 9.07. The molecule has 2 rings (SSSR count). The van der Waals surface area contributed by atoms with Crippen molar-refractivity contribution >= 4 is 11.6 Å². The summed E-state index contributed by atoms with van der Waals surface area (Å²) in [6.07, 6.45) is 8.10. The number of hydrogen-bond donors (Lipinski definition) is 0. The lowest BCUT2D eigenvalue weighted by molar-refractivity contribution is 0.363. The molecular formula is C10H14ClNO. The highest BCUT2D eigenvalue weighted by Crippen LogP contribution is 2.31. The minimum atomic E-state index is 0.455. The van der Waals surface area contributed by atoms with Crippen LogP contribution in [0.4, 0.5) is 0 Å². The van der Waals surface area contributed by atoms with E-state index in [0.717, 1.165) is 11.6 Å². The van der Waals surface area contributed by atoms with Crippen LogP contribution in [0.2, 0.25) is 0 Å². The standard InChI is InChI=1S/C10H14ClNO/c11-6-9-7-13-10(12-9)8-4-2-1-3-5-8/h7-8H,1-6H2. The second kappa shape index (κ2) is 4.14. The Bertz CT molecular complexity index is 266. The Labute approximate surface area is 83.3 Å². The minimum absolute atomic E-state index is 0.455. The van der Waals surface area contributed by atoms with Gasteiger partial charge in [-0.2, -0.15) is 0 Å². The van der Waals surface area contributed by atoms with Gasteiger partial charge in [-0.15, -0.1) is 11.6 Å². The zero-order valence-electron chi connectivity index (χ0n) is 7.63. The molecule has 1 fully saturated rings. The molecule has 1 heterocycles. The third kappa shape index (κ3) is 2.05. The summed E-state index contributed by atoms with van der Waals surface area (Å²) in [6, 6.07) is 0. The first-order chi connectivity index (χ1) is 6.40. The van der Waals surface area contributed by atoms with Gasteiger partial charge in [0.05, 0.1) is 11.6 Å². The van der Waals surface area contributed by atoms with E-state index < -0.39 is 0 Å². The molecular weight excluding hydrogens is 186 g/mol. The SMILES string of the molecule is ClCc1coc(C2CCCCC2)n1. The number of hydrogen-bond acceptors (Lipinski definition) is 2. The van der Waals surface area contributed by atoms with E-state index >= 15 is 0 Å². The predicted octanol–water partition coefficient (Wildman–Crippen LogP) is 3.46. The fourth-order valence-electron chi connectivity index (χ4n) is 1.92. The maximum atomic E-state index is 5.66. The van der Waals surface area contributed by atoms with Crippen LogP contribution in [-0.4, -0.2) is 4.98 Å². The fourth-order valence-corrected chi connectivity index (χ4v) is 2.04. The third-order valence-electron chi connectivity index (χ3n) is 2.66. The molecule has 1 aromatic rings. The van der Waals surface area contributed by atoms with Gasteiger partial charge in [0.1, 0.15) is 6.26 Å². The van der Waals surface area contributed by atoms with Crippen molar-refractivity contribution in [2.75, 3.05) is 0 Å². The Morgan fingerprint density at radius 3 is 2.77 bits per heavy atom. The number of nitrogens with zero attached hydrogens (tertiary/aromatic N) is 1. The Morgan fingerprint density at radius 2 is 2.15 bits per heavy atom. The van der Waals surface area contributed by atoms with Crippen molar-refractivity contribution < 1.29 is 4.42 Å². The van der Waals surface area contributed by atoms with Crippen molar-refractivity contribution in [2.24, 2.45) is 0 Å². The zero-order valence-corrected chi connectivity index (χ0v) is 8.39. The van der Waals surface area contributed by atoms with Crippen molar-refractivity contribution in [3.8, 4) is 0 Å². The van der Waals surface area contributed by atoms with Crippen molar-refractivity contribution in [1.82, 2.24) is 4.98 Å². The highest BCUT2D eigenvalue weighted by molar-refractivity contribution is 6.16. The fraction of sp³-hybridized carbons (Fsp3) is 0.700. The Hall–Kier alpha value is -0.500. The molecule has 0 amide bonds. The van der Waals surface area contributed by atoms with E-state index in [-0.39, 0.29) is 0 Å². The van der Waals surface area contributed by atoms with Crippen LogP contribution in [0.1, 0.15) is 49.6 Å². The first-order valence-corrected chi connectivity index (χ1v) is 5.44. The summed E-state index contributed by atoms with van der Waals surface area (Å²) in [7, 11) is 0. The third-order valence-corrected chi connectivity index (χ3v) is 2.93. The summed E-state index contributed by atoms with van der Waals surface area (Å²) in [6.45, 7) is 0. The van der Waals surface area contributed by atoms with Crippen molar-refractivity contribution in [3.63, 3.8) is 0 Å². The topological polar surface area (TPSA) is 26.0 Å². The van der Waals surface area contributed by atoms with Gasteiger partial charge in [-0.05, 0) is 12.8 Å². The molecule has 0 aromatic carbocycles. The van der Waals surface area contributed by atoms with Gasteiger partial charge in [-0.1, -0.05) is 19.3 Å². The predicted molar refractivity (Wildman–Crippen MR) is 51.9 cm³/mol. The van der Waals surface area contributed by atoms with Crippen molar-refractivity contribution in [2.45, 2.75) is 43.9 Å². The lowest BCUT2D eigenvalue weighted by Gasteiger charge is -2.17. The van der Waals surface area contributed by atoms with Crippen LogP contribution < -0.4 is 0 Å². The Morgan fingerprint density at radius 1 is 1.38 bits per heavy atom. The monoisotopic (exact) mass is 199 g/mol. The summed E-state index contributed by atoms with van der Waals surface area (Å²) >= 11 is 5.66. The van der Waals surface area contributed by atoms with Gasteiger partial charge in [0.15, 0.2) is 5.89 Å². The van der Waals surface area contributed by atoms with Crippen molar-refractivity contribution in [1.29, 1.82) is 0 Å². The van der Waals surface area contributed by atoms with Crippen LogP contribution in [0.3, 0.4) is 0 Å². The van der Waals surface area contributed by atoms with Gasteiger partial charge >= 0.3 is 0 Å². The average Bonchev–Trinajstić information content (AvgIpc) is 2.67. The molecule has 13 heavy (non-hydrogen) atoms. The van der Waals surface area contributed by atoms with Gasteiger partial charge in [0, 0.05) is 5.92 Å². The van der Waals surface area contributed by atoms with Crippen LogP contribution in [-0.2, 0) is 5.88 Å².